The van der Waals surface area contributed by atoms with Crippen LogP contribution in [0.25, 0.3) is 0 Å². The van der Waals surface area contributed by atoms with Crippen molar-refractivity contribution >= 4 is 5.97 Å². The zero-order chi connectivity index (χ0) is 8.43. The summed E-state index contributed by atoms with van der Waals surface area (Å²) in [4.78, 5) is 10.5. The molecule has 0 amide bonds. The molecule has 3 atom stereocenters. The van der Waals surface area contributed by atoms with Gasteiger partial charge in [0.2, 0.25) is 0 Å². The fourth-order valence-corrected chi connectivity index (χ4v) is 1.32. The summed E-state index contributed by atoms with van der Waals surface area (Å²) in [6.45, 7) is 2.54. The third kappa shape index (κ3) is 1.70. The van der Waals surface area contributed by atoms with E-state index >= 15 is 0 Å². The molecule has 1 saturated heterocycles. The standard InChI is InChI=1S/C7H13NO3/c1-4-2-3-8-5(6(4)9)7(10)11/h4-6,8-9H,2-3H2,1H3,(H,10,11)/t4-,5+,6-/m1/s1. The Balaban J connectivity index is 2.58. The predicted molar refractivity (Wildman–Crippen MR) is 39.2 cm³/mol. The highest BCUT2D eigenvalue weighted by atomic mass is 16.4. The lowest BCUT2D eigenvalue weighted by molar-refractivity contribution is -0.144. The monoisotopic (exact) mass is 159 g/mol. The Bertz CT molecular complexity index is 160. The molecule has 0 aromatic heterocycles. The lowest BCUT2D eigenvalue weighted by atomic mass is 9.91. The van der Waals surface area contributed by atoms with Crippen molar-refractivity contribution in [1.82, 2.24) is 5.32 Å². The second kappa shape index (κ2) is 3.19. The summed E-state index contributed by atoms with van der Waals surface area (Å²) in [5, 5.41) is 20.7. The number of aliphatic hydroxyl groups is 1. The van der Waals surface area contributed by atoms with Gasteiger partial charge in [-0.3, -0.25) is 4.79 Å². The van der Waals surface area contributed by atoms with Gasteiger partial charge >= 0.3 is 5.97 Å². The van der Waals surface area contributed by atoms with Gasteiger partial charge in [-0.05, 0) is 18.9 Å². The summed E-state index contributed by atoms with van der Waals surface area (Å²) in [6.07, 6.45) is 0.0894. The lowest BCUT2D eigenvalue weighted by Gasteiger charge is -2.30. The van der Waals surface area contributed by atoms with E-state index in [9.17, 15) is 9.90 Å². The molecule has 0 spiro atoms. The highest BCUT2D eigenvalue weighted by Gasteiger charge is 2.33. The van der Waals surface area contributed by atoms with Crippen LogP contribution in [0.2, 0.25) is 0 Å². The van der Waals surface area contributed by atoms with Gasteiger partial charge in [0, 0.05) is 0 Å². The van der Waals surface area contributed by atoms with Crippen LogP contribution in [0.5, 0.6) is 0 Å². The van der Waals surface area contributed by atoms with Crippen LogP contribution >= 0.6 is 0 Å². The van der Waals surface area contributed by atoms with E-state index in [1.54, 1.807) is 0 Å². The molecular formula is C7H13NO3. The maximum Gasteiger partial charge on any atom is 0.323 e. The van der Waals surface area contributed by atoms with Crippen LogP contribution in [0.3, 0.4) is 0 Å². The third-order valence-corrected chi connectivity index (χ3v) is 2.15. The van der Waals surface area contributed by atoms with Crippen molar-refractivity contribution in [2.45, 2.75) is 25.5 Å². The first kappa shape index (κ1) is 8.49. The van der Waals surface area contributed by atoms with E-state index in [0.717, 1.165) is 6.42 Å². The molecule has 0 bridgehead atoms. The predicted octanol–water partition coefficient (Wildman–Crippen LogP) is -0.570. The van der Waals surface area contributed by atoms with Gasteiger partial charge in [-0.25, -0.2) is 0 Å². The summed E-state index contributed by atoms with van der Waals surface area (Å²) in [5.74, 6) is -0.888. The number of carboxylic acid groups (broad SMARTS) is 1. The second-order valence-corrected chi connectivity index (χ2v) is 3.03. The largest absolute Gasteiger partial charge is 0.480 e. The topological polar surface area (TPSA) is 69.6 Å². The molecule has 1 fully saturated rings. The summed E-state index contributed by atoms with van der Waals surface area (Å²) in [7, 11) is 0. The van der Waals surface area contributed by atoms with E-state index in [2.05, 4.69) is 5.32 Å². The van der Waals surface area contributed by atoms with Gasteiger partial charge in [-0.15, -0.1) is 0 Å². The summed E-state index contributed by atoms with van der Waals surface area (Å²) in [6, 6.07) is -0.779. The van der Waals surface area contributed by atoms with Crippen LogP contribution < -0.4 is 5.32 Å². The molecule has 1 aliphatic rings. The zero-order valence-electron chi connectivity index (χ0n) is 6.45. The first-order valence-corrected chi connectivity index (χ1v) is 3.77. The Morgan fingerprint density at radius 2 is 2.27 bits per heavy atom. The summed E-state index contributed by atoms with van der Waals surface area (Å²) in [5.41, 5.74) is 0. The molecule has 1 rings (SSSR count). The molecular weight excluding hydrogens is 146 g/mol. The van der Waals surface area contributed by atoms with Crippen molar-refractivity contribution in [3.8, 4) is 0 Å². The van der Waals surface area contributed by atoms with Crippen molar-refractivity contribution in [2.24, 2.45) is 5.92 Å². The lowest BCUT2D eigenvalue weighted by Crippen LogP contribution is -2.53. The first-order valence-electron chi connectivity index (χ1n) is 3.77. The van der Waals surface area contributed by atoms with Crippen molar-refractivity contribution in [2.75, 3.05) is 6.54 Å². The average molecular weight is 159 g/mol. The molecule has 0 aromatic rings. The number of piperidine rings is 1. The van der Waals surface area contributed by atoms with Gasteiger partial charge < -0.3 is 15.5 Å². The first-order chi connectivity index (χ1) is 5.13. The molecule has 1 heterocycles. The molecule has 0 unspecified atom stereocenters. The Hall–Kier alpha value is -0.610. The minimum absolute atomic E-state index is 0.0809. The number of rotatable bonds is 1. The fourth-order valence-electron chi connectivity index (χ4n) is 1.32. The molecule has 11 heavy (non-hydrogen) atoms. The molecule has 0 aliphatic carbocycles. The SMILES string of the molecule is C[C@@H]1CCN[C@H](C(=O)O)[C@@H]1O. The maximum atomic E-state index is 10.5. The average Bonchev–Trinajstić information content (AvgIpc) is 1.94. The molecule has 3 N–H and O–H groups in total. The van der Waals surface area contributed by atoms with Crippen molar-refractivity contribution in [3.63, 3.8) is 0 Å². The van der Waals surface area contributed by atoms with Gasteiger partial charge in [-0.1, -0.05) is 6.92 Å². The maximum absolute atomic E-state index is 10.5. The number of nitrogens with one attached hydrogen (secondary N) is 1. The van der Waals surface area contributed by atoms with Gasteiger partial charge in [0.1, 0.15) is 6.04 Å². The highest BCUT2D eigenvalue weighted by molar-refractivity contribution is 5.74. The van der Waals surface area contributed by atoms with Crippen molar-refractivity contribution < 1.29 is 15.0 Å². The number of aliphatic carboxylic acids is 1. The highest BCUT2D eigenvalue weighted by Crippen LogP contribution is 2.15. The minimum atomic E-state index is -0.968. The second-order valence-electron chi connectivity index (χ2n) is 3.03. The van der Waals surface area contributed by atoms with Crippen LogP contribution in [0.4, 0.5) is 0 Å². The molecule has 4 heteroatoms. The van der Waals surface area contributed by atoms with E-state index in [-0.39, 0.29) is 5.92 Å². The van der Waals surface area contributed by atoms with Crippen molar-refractivity contribution in [3.05, 3.63) is 0 Å². The van der Waals surface area contributed by atoms with E-state index in [0.29, 0.717) is 6.54 Å². The Kier molecular flexibility index (Phi) is 2.46. The number of carboxylic acids is 1. The Morgan fingerprint density at radius 3 is 2.73 bits per heavy atom. The van der Waals surface area contributed by atoms with Gasteiger partial charge in [0.25, 0.3) is 0 Å². The quantitative estimate of drug-likeness (QED) is 0.479. The molecule has 0 saturated carbocycles. The van der Waals surface area contributed by atoms with Crippen LogP contribution in [-0.2, 0) is 4.79 Å². The molecule has 0 radical (unpaired) electrons. The van der Waals surface area contributed by atoms with E-state index in [4.69, 9.17) is 5.11 Å². The molecule has 0 aromatic carbocycles. The van der Waals surface area contributed by atoms with Crippen LogP contribution in [0.1, 0.15) is 13.3 Å². The number of hydrogen-bond acceptors (Lipinski definition) is 3. The van der Waals surface area contributed by atoms with Crippen LogP contribution in [-0.4, -0.2) is 34.9 Å². The van der Waals surface area contributed by atoms with Crippen LogP contribution in [0.15, 0.2) is 0 Å². The van der Waals surface area contributed by atoms with E-state index in [1.807, 2.05) is 6.92 Å². The summed E-state index contributed by atoms with van der Waals surface area (Å²) < 4.78 is 0. The normalized spacial score (nSPS) is 38.5. The van der Waals surface area contributed by atoms with Gasteiger partial charge in [0.05, 0.1) is 6.10 Å². The van der Waals surface area contributed by atoms with Gasteiger partial charge in [0.15, 0.2) is 0 Å². The smallest absolute Gasteiger partial charge is 0.323 e. The Labute approximate surface area is 65.2 Å². The number of hydrogen-bond donors (Lipinski definition) is 3. The molecule has 4 nitrogen and oxygen atoms in total. The molecule has 64 valence electrons. The van der Waals surface area contributed by atoms with E-state index in [1.165, 1.54) is 0 Å². The minimum Gasteiger partial charge on any atom is -0.480 e. The summed E-state index contributed by atoms with van der Waals surface area (Å²) >= 11 is 0. The Morgan fingerprint density at radius 1 is 1.64 bits per heavy atom. The zero-order valence-corrected chi connectivity index (χ0v) is 6.45. The van der Waals surface area contributed by atoms with E-state index < -0.39 is 18.1 Å². The number of carbonyl (C=O) groups is 1. The fraction of sp³-hybridized carbons (Fsp3) is 0.857. The van der Waals surface area contributed by atoms with Crippen LogP contribution in [0, 0.1) is 5.92 Å². The third-order valence-electron chi connectivity index (χ3n) is 2.15. The van der Waals surface area contributed by atoms with Crippen molar-refractivity contribution in [1.29, 1.82) is 0 Å². The molecule has 1 aliphatic heterocycles. The number of aliphatic hydroxyl groups excluding tert-OH is 1. The van der Waals surface area contributed by atoms with Gasteiger partial charge in [-0.2, -0.15) is 0 Å².